The highest BCUT2D eigenvalue weighted by Crippen LogP contribution is 2.22. The van der Waals surface area contributed by atoms with Gasteiger partial charge in [-0.05, 0) is 54.7 Å². The van der Waals surface area contributed by atoms with E-state index < -0.39 is 0 Å². The van der Waals surface area contributed by atoms with Crippen molar-refractivity contribution in [2.75, 3.05) is 0 Å². The van der Waals surface area contributed by atoms with E-state index >= 15 is 0 Å². The second-order valence-corrected chi connectivity index (χ2v) is 4.60. The fourth-order valence-electron chi connectivity index (χ4n) is 2.40. The summed E-state index contributed by atoms with van der Waals surface area (Å²) in [6.07, 6.45) is 5.04. The summed E-state index contributed by atoms with van der Waals surface area (Å²) in [5.41, 5.74) is 3.44. The van der Waals surface area contributed by atoms with E-state index in [2.05, 4.69) is 11.4 Å². The van der Waals surface area contributed by atoms with Gasteiger partial charge < -0.3 is 9.73 Å². The van der Waals surface area contributed by atoms with Gasteiger partial charge in [-0.3, -0.25) is 4.79 Å². The molecule has 1 aliphatic carbocycles. The predicted molar refractivity (Wildman–Crippen MR) is 68.3 cm³/mol. The first-order valence-electron chi connectivity index (χ1n) is 6.25. The van der Waals surface area contributed by atoms with Crippen LogP contribution >= 0.6 is 0 Å². The molecule has 3 nitrogen and oxygen atoms in total. The van der Waals surface area contributed by atoms with Crippen LogP contribution in [0.15, 0.2) is 41.0 Å². The monoisotopic (exact) mass is 241 g/mol. The zero-order chi connectivity index (χ0) is 12.4. The third-order valence-corrected chi connectivity index (χ3v) is 3.36. The standard InChI is InChI=1S/C15H15NO2/c17-15(16-10-14-5-2-8-18-14)13-7-6-11-3-1-4-12(11)9-13/h2,5-9H,1,3-4,10H2,(H,16,17). The van der Waals surface area contributed by atoms with Gasteiger partial charge >= 0.3 is 0 Å². The molecule has 18 heavy (non-hydrogen) atoms. The molecule has 1 aliphatic rings. The number of amides is 1. The van der Waals surface area contributed by atoms with E-state index in [1.54, 1.807) is 6.26 Å². The molecule has 0 saturated carbocycles. The van der Waals surface area contributed by atoms with Crippen LogP contribution < -0.4 is 5.32 Å². The lowest BCUT2D eigenvalue weighted by Gasteiger charge is -2.05. The van der Waals surface area contributed by atoms with E-state index in [1.165, 1.54) is 17.5 Å². The number of fused-ring (bicyclic) bond motifs is 1. The van der Waals surface area contributed by atoms with Crippen LogP contribution in [-0.4, -0.2) is 5.91 Å². The van der Waals surface area contributed by atoms with Crippen molar-refractivity contribution in [1.29, 1.82) is 0 Å². The van der Waals surface area contributed by atoms with E-state index in [0.29, 0.717) is 6.54 Å². The predicted octanol–water partition coefficient (Wildman–Crippen LogP) is 2.70. The zero-order valence-electron chi connectivity index (χ0n) is 10.1. The normalized spacial score (nSPS) is 13.3. The molecular weight excluding hydrogens is 226 g/mol. The quantitative estimate of drug-likeness (QED) is 0.897. The van der Waals surface area contributed by atoms with Gasteiger partial charge in [0.05, 0.1) is 12.8 Å². The van der Waals surface area contributed by atoms with Crippen LogP contribution in [0.3, 0.4) is 0 Å². The lowest BCUT2D eigenvalue weighted by molar-refractivity contribution is 0.0948. The Morgan fingerprint density at radius 3 is 2.94 bits per heavy atom. The Balaban J connectivity index is 1.69. The van der Waals surface area contributed by atoms with Gasteiger partial charge in [-0.2, -0.15) is 0 Å². The van der Waals surface area contributed by atoms with E-state index in [9.17, 15) is 4.79 Å². The lowest BCUT2D eigenvalue weighted by atomic mass is 10.1. The number of benzene rings is 1. The maximum atomic E-state index is 12.0. The molecule has 0 aliphatic heterocycles. The minimum atomic E-state index is -0.0406. The van der Waals surface area contributed by atoms with E-state index in [1.807, 2.05) is 24.3 Å². The summed E-state index contributed by atoms with van der Waals surface area (Å²) in [6.45, 7) is 0.433. The molecule has 0 radical (unpaired) electrons. The maximum absolute atomic E-state index is 12.0. The SMILES string of the molecule is O=C(NCc1ccco1)c1ccc2c(c1)CCC2. The van der Waals surface area contributed by atoms with Crippen LogP contribution in [0.4, 0.5) is 0 Å². The minimum absolute atomic E-state index is 0.0406. The fourth-order valence-corrected chi connectivity index (χ4v) is 2.40. The first kappa shape index (κ1) is 11.1. The fraction of sp³-hybridized carbons (Fsp3) is 0.267. The average molecular weight is 241 g/mol. The molecule has 0 bridgehead atoms. The van der Waals surface area contributed by atoms with Gasteiger partial charge in [0.1, 0.15) is 5.76 Å². The lowest BCUT2D eigenvalue weighted by Crippen LogP contribution is -2.22. The van der Waals surface area contributed by atoms with Crippen LogP contribution in [0, 0.1) is 0 Å². The molecule has 0 unspecified atom stereocenters. The van der Waals surface area contributed by atoms with E-state index in [4.69, 9.17) is 4.42 Å². The first-order valence-corrected chi connectivity index (χ1v) is 6.25. The summed E-state index contributed by atoms with van der Waals surface area (Å²) in [5, 5.41) is 2.86. The minimum Gasteiger partial charge on any atom is -0.467 e. The zero-order valence-corrected chi connectivity index (χ0v) is 10.1. The first-order chi connectivity index (χ1) is 8.83. The van der Waals surface area contributed by atoms with Gasteiger partial charge in [0, 0.05) is 5.56 Å². The maximum Gasteiger partial charge on any atom is 0.251 e. The number of furan rings is 1. The van der Waals surface area contributed by atoms with Crippen LogP contribution in [0.5, 0.6) is 0 Å². The molecule has 3 rings (SSSR count). The van der Waals surface area contributed by atoms with Crippen LogP contribution in [0.1, 0.15) is 33.7 Å². The molecule has 0 saturated heterocycles. The van der Waals surface area contributed by atoms with Crippen molar-refractivity contribution in [1.82, 2.24) is 5.32 Å². The largest absolute Gasteiger partial charge is 0.467 e. The molecule has 1 aromatic carbocycles. The second-order valence-electron chi connectivity index (χ2n) is 4.60. The van der Waals surface area contributed by atoms with Crippen molar-refractivity contribution in [2.24, 2.45) is 0 Å². The molecule has 1 N–H and O–H groups in total. The third kappa shape index (κ3) is 2.16. The Hall–Kier alpha value is -2.03. The number of hydrogen-bond donors (Lipinski definition) is 1. The molecule has 1 heterocycles. The van der Waals surface area contributed by atoms with Crippen molar-refractivity contribution in [3.05, 3.63) is 59.0 Å². The second kappa shape index (κ2) is 4.69. The Morgan fingerprint density at radius 1 is 1.22 bits per heavy atom. The molecule has 1 amide bonds. The van der Waals surface area contributed by atoms with Crippen LogP contribution in [0.25, 0.3) is 0 Å². The molecule has 1 aromatic heterocycles. The van der Waals surface area contributed by atoms with Crippen molar-refractivity contribution in [3.63, 3.8) is 0 Å². The number of carbonyl (C=O) groups is 1. The van der Waals surface area contributed by atoms with Gasteiger partial charge in [0.15, 0.2) is 0 Å². The molecule has 0 atom stereocenters. The summed E-state index contributed by atoms with van der Waals surface area (Å²) < 4.78 is 5.18. The third-order valence-electron chi connectivity index (χ3n) is 3.36. The topological polar surface area (TPSA) is 42.2 Å². The summed E-state index contributed by atoms with van der Waals surface area (Å²) >= 11 is 0. The average Bonchev–Trinajstić information content (AvgIpc) is 3.05. The number of aryl methyl sites for hydroxylation is 2. The number of hydrogen-bond acceptors (Lipinski definition) is 2. The molecule has 3 heteroatoms. The van der Waals surface area contributed by atoms with Gasteiger partial charge in [-0.1, -0.05) is 6.07 Å². The van der Waals surface area contributed by atoms with Crippen molar-refractivity contribution in [2.45, 2.75) is 25.8 Å². The van der Waals surface area contributed by atoms with Gasteiger partial charge in [0.2, 0.25) is 0 Å². The van der Waals surface area contributed by atoms with Crippen LogP contribution in [-0.2, 0) is 19.4 Å². The Labute approximate surface area is 106 Å². The van der Waals surface area contributed by atoms with Crippen molar-refractivity contribution >= 4 is 5.91 Å². The smallest absolute Gasteiger partial charge is 0.251 e. The molecular formula is C15H15NO2. The highest BCUT2D eigenvalue weighted by atomic mass is 16.3. The summed E-state index contributed by atoms with van der Waals surface area (Å²) in [6, 6.07) is 9.66. The van der Waals surface area contributed by atoms with Crippen molar-refractivity contribution in [3.8, 4) is 0 Å². The van der Waals surface area contributed by atoms with Gasteiger partial charge in [0.25, 0.3) is 5.91 Å². The summed E-state index contributed by atoms with van der Waals surface area (Å²) in [5.74, 6) is 0.727. The Bertz CT molecular complexity index is 558. The van der Waals surface area contributed by atoms with E-state index in [0.717, 1.165) is 24.2 Å². The Morgan fingerprint density at radius 2 is 2.11 bits per heavy atom. The molecule has 92 valence electrons. The number of rotatable bonds is 3. The summed E-state index contributed by atoms with van der Waals surface area (Å²) in [4.78, 5) is 12.0. The molecule has 0 fully saturated rings. The van der Waals surface area contributed by atoms with Gasteiger partial charge in [-0.25, -0.2) is 0 Å². The molecule has 0 spiro atoms. The highest BCUT2D eigenvalue weighted by Gasteiger charge is 2.13. The van der Waals surface area contributed by atoms with Crippen LogP contribution in [0.2, 0.25) is 0 Å². The highest BCUT2D eigenvalue weighted by molar-refractivity contribution is 5.94. The molecule has 2 aromatic rings. The number of carbonyl (C=O) groups excluding carboxylic acids is 1. The summed E-state index contributed by atoms with van der Waals surface area (Å²) in [7, 11) is 0. The van der Waals surface area contributed by atoms with Crippen molar-refractivity contribution < 1.29 is 9.21 Å². The Kier molecular flexibility index (Phi) is 2.89. The van der Waals surface area contributed by atoms with Gasteiger partial charge in [-0.15, -0.1) is 0 Å². The number of nitrogens with one attached hydrogen (secondary N) is 1. The van der Waals surface area contributed by atoms with E-state index in [-0.39, 0.29) is 5.91 Å².